The molecule has 0 aliphatic rings. The molecule has 0 bridgehead atoms. The average Bonchev–Trinajstić information content (AvgIpc) is 2.52. The van der Waals surface area contributed by atoms with E-state index < -0.39 is 24.5 Å². The summed E-state index contributed by atoms with van der Waals surface area (Å²) < 4.78 is 15.6. The fourth-order valence-electron chi connectivity index (χ4n) is 1.76. The zero-order valence-corrected chi connectivity index (χ0v) is 15.0. The van der Waals surface area contributed by atoms with E-state index in [2.05, 4.69) is 13.8 Å². The van der Waals surface area contributed by atoms with Crippen LogP contribution < -0.4 is 20.5 Å². The smallest absolute Gasteiger partial charge is 0.338 e. The van der Waals surface area contributed by atoms with Crippen LogP contribution in [0.5, 0.6) is 11.5 Å². The minimum atomic E-state index is -1.03. The number of ether oxygens (including phenoxy) is 3. The van der Waals surface area contributed by atoms with E-state index in [9.17, 15) is 14.4 Å². The molecule has 1 aromatic carbocycles. The number of hydrogen-bond donors (Lipinski definition) is 2. The highest BCUT2D eigenvalue weighted by Gasteiger charge is 2.18. The van der Waals surface area contributed by atoms with Crippen LogP contribution >= 0.6 is 11.6 Å². The summed E-state index contributed by atoms with van der Waals surface area (Å²) >= 11 is 6.15. The van der Waals surface area contributed by atoms with Crippen LogP contribution in [0, 0.1) is 5.92 Å². The Kier molecular flexibility index (Phi) is 8.00. The maximum atomic E-state index is 12.0. The Morgan fingerprint density at radius 2 is 1.96 bits per heavy atom. The number of amides is 3. The van der Waals surface area contributed by atoms with Gasteiger partial charge >= 0.3 is 12.0 Å². The third kappa shape index (κ3) is 6.88. The van der Waals surface area contributed by atoms with Crippen molar-refractivity contribution in [2.75, 3.05) is 20.3 Å². The number of nitrogens with one attached hydrogen (secondary N) is 1. The molecule has 1 rings (SSSR count). The molecular weight excluding hydrogens is 352 g/mol. The number of carbonyl (C=O) groups is 3. The number of imide groups is 1. The SMILES string of the molecule is COc1cc(C(=O)OCC(=O)NC(N)=O)cc(Cl)c1OCCC(C)C. The van der Waals surface area contributed by atoms with Crippen LogP contribution in [0.15, 0.2) is 12.1 Å². The monoisotopic (exact) mass is 372 g/mol. The first-order valence-electron chi connectivity index (χ1n) is 7.51. The molecule has 9 heteroatoms. The van der Waals surface area contributed by atoms with E-state index in [0.29, 0.717) is 18.3 Å². The molecule has 0 heterocycles. The largest absolute Gasteiger partial charge is 0.493 e. The number of benzene rings is 1. The third-order valence-corrected chi connectivity index (χ3v) is 3.28. The van der Waals surface area contributed by atoms with Gasteiger partial charge in [-0.15, -0.1) is 0 Å². The molecule has 1 aromatic rings. The number of rotatable bonds is 8. The van der Waals surface area contributed by atoms with Gasteiger partial charge in [0.15, 0.2) is 18.1 Å². The number of carbonyl (C=O) groups excluding carboxylic acids is 3. The van der Waals surface area contributed by atoms with E-state index in [1.807, 2.05) is 0 Å². The van der Waals surface area contributed by atoms with E-state index >= 15 is 0 Å². The van der Waals surface area contributed by atoms with Gasteiger partial charge < -0.3 is 19.9 Å². The Balaban J connectivity index is 2.80. The minimum absolute atomic E-state index is 0.0740. The highest BCUT2D eigenvalue weighted by molar-refractivity contribution is 6.32. The van der Waals surface area contributed by atoms with Crippen molar-refractivity contribution in [1.82, 2.24) is 5.32 Å². The predicted molar refractivity (Wildman–Crippen MR) is 91.0 cm³/mol. The second-order valence-electron chi connectivity index (χ2n) is 5.51. The molecule has 0 aliphatic carbocycles. The van der Waals surface area contributed by atoms with Crippen molar-refractivity contribution >= 4 is 29.5 Å². The van der Waals surface area contributed by atoms with Crippen molar-refractivity contribution in [3.8, 4) is 11.5 Å². The van der Waals surface area contributed by atoms with Crippen LogP contribution in [0.4, 0.5) is 4.79 Å². The van der Waals surface area contributed by atoms with Gasteiger partial charge in [0.1, 0.15) is 0 Å². The summed E-state index contributed by atoms with van der Waals surface area (Å²) in [6, 6.07) is 1.71. The van der Waals surface area contributed by atoms with Gasteiger partial charge in [-0.1, -0.05) is 25.4 Å². The van der Waals surface area contributed by atoms with Gasteiger partial charge in [0.2, 0.25) is 0 Å². The summed E-state index contributed by atoms with van der Waals surface area (Å²) in [5.74, 6) is -0.593. The van der Waals surface area contributed by atoms with Crippen molar-refractivity contribution in [1.29, 1.82) is 0 Å². The maximum Gasteiger partial charge on any atom is 0.338 e. The molecule has 0 unspecified atom stereocenters. The van der Waals surface area contributed by atoms with Crippen LogP contribution in [0.1, 0.15) is 30.6 Å². The van der Waals surface area contributed by atoms with Crippen LogP contribution in [-0.4, -0.2) is 38.2 Å². The topological polar surface area (TPSA) is 117 Å². The lowest BCUT2D eigenvalue weighted by Gasteiger charge is -2.14. The second kappa shape index (κ2) is 9.73. The van der Waals surface area contributed by atoms with Crippen LogP contribution in [0.25, 0.3) is 0 Å². The van der Waals surface area contributed by atoms with Gasteiger partial charge in [0, 0.05) is 0 Å². The van der Waals surface area contributed by atoms with E-state index in [1.54, 1.807) is 5.32 Å². The molecule has 0 fully saturated rings. The first kappa shape index (κ1) is 20.6. The molecular formula is C16H21ClN2O6. The van der Waals surface area contributed by atoms with Gasteiger partial charge in [0.05, 0.1) is 24.3 Å². The number of halogens is 1. The number of esters is 1. The molecule has 0 saturated carbocycles. The highest BCUT2D eigenvalue weighted by Crippen LogP contribution is 2.36. The normalized spacial score (nSPS) is 10.3. The van der Waals surface area contributed by atoms with Crippen LogP contribution in [0.2, 0.25) is 5.02 Å². The van der Waals surface area contributed by atoms with Gasteiger partial charge in [0.25, 0.3) is 5.91 Å². The maximum absolute atomic E-state index is 12.0. The molecule has 0 spiro atoms. The van der Waals surface area contributed by atoms with Crippen molar-refractivity contribution in [2.24, 2.45) is 11.7 Å². The summed E-state index contributed by atoms with van der Waals surface area (Å²) in [6.45, 7) is 3.92. The Bertz CT molecular complexity index is 648. The van der Waals surface area contributed by atoms with Gasteiger partial charge in [-0.3, -0.25) is 10.1 Å². The van der Waals surface area contributed by atoms with E-state index in [1.165, 1.54) is 19.2 Å². The Labute approximate surface area is 150 Å². The molecule has 3 N–H and O–H groups in total. The Hall–Kier alpha value is -2.48. The lowest BCUT2D eigenvalue weighted by Crippen LogP contribution is -2.37. The molecule has 3 amide bonds. The number of nitrogens with two attached hydrogens (primary N) is 1. The molecule has 0 saturated heterocycles. The van der Waals surface area contributed by atoms with Gasteiger partial charge in [-0.2, -0.15) is 0 Å². The zero-order valence-electron chi connectivity index (χ0n) is 14.3. The number of primary amides is 1. The van der Waals surface area contributed by atoms with E-state index in [-0.39, 0.29) is 16.3 Å². The highest BCUT2D eigenvalue weighted by atomic mass is 35.5. The summed E-state index contributed by atoms with van der Waals surface area (Å²) in [5, 5.41) is 1.95. The predicted octanol–water partition coefficient (Wildman–Crippen LogP) is 2.13. The lowest BCUT2D eigenvalue weighted by molar-refractivity contribution is -0.123. The van der Waals surface area contributed by atoms with Crippen molar-refractivity contribution < 1.29 is 28.6 Å². The molecule has 0 aromatic heterocycles. The molecule has 0 radical (unpaired) electrons. The molecule has 25 heavy (non-hydrogen) atoms. The fourth-order valence-corrected chi connectivity index (χ4v) is 2.03. The fraction of sp³-hybridized carbons (Fsp3) is 0.438. The molecule has 0 atom stereocenters. The number of urea groups is 1. The van der Waals surface area contributed by atoms with Crippen molar-refractivity contribution in [3.63, 3.8) is 0 Å². The summed E-state index contributed by atoms with van der Waals surface area (Å²) in [5.41, 5.74) is 4.86. The van der Waals surface area contributed by atoms with Crippen LogP contribution in [-0.2, 0) is 9.53 Å². The first-order chi connectivity index (χ1) is 11.7. The minimum Gasteiger partial charge on any atom is -0.493 e. The quantitative estimate of drug-likeness (QED) is 0.675. The van der Waals surface area contributed by atoms with Crippen LogP contribution in [0.3, 0.4) is 0 Å². The van der Waals surface area contributed by atoms with Gasteiger partial charge in [-0.25, -0.2) is 9.59 Å². The van der Waals surface area contributed by atoms with Crippen molar-refractivity contribution in [2.45, 2.75) is 20.3 Å². The van der Waals surface area contributed by atoms with E-state index in [0.717, 1.165) is 6.42 Å². The molecule has 8 nitrogen and oxygen atoms in total. The second-order valence-corrected chi connectivity index (χ2v) is 5.92. The first-order valence-corrected chi connectivity index (χ1v) is 7.89. The number of methoxy groups -OCH3 is 1. The average molecular weight is 373 g/mol. The van der Waals surface area contributed by atoms with E-state index in [4.69, 9.17) is 31.5 Å². The summed E-state index contributed by atoms with van der Waals surface area (Å²) in [6.07, 6.45) is 0.832. The third-order valence-electron chi connectivity index (χ3n) is 3.00. The summed E-state index contributed by atoms with van der Waals surface area (Å²) in [7, 11) is 1.41. The molecule has 138 valence electrons. The standard InChI is InChI=1S/C16H21ClN2O6/c1-9(2)4-5-24-14-11(17)6-10(7-12(14)23-3)15(21)25-8-13(20)19-16(18)22/h6-7,9H,4-5,8H2,1-3H3,(H3,18,19,20,22). The van der Waals surface area contributed by atoms with Crippen molar-refractivity contribution in [3.05, 3.63) is 22.7 Å². The lowest BCUT2D eigenvalue weighted by atomic mass is 10.1. The van der Waals surface area contributed by atoms with Gasteiger partial charge in [-0.05, 0) is 24.5 Å². The Morgan fingerprint density at radius 3 is 2.52 bits per heavy atom. The Morgan fingerprint density at radius 1 is 1.28 bits per heavy atom. The zero-order chi connectivity index (χ0) is 19.0. The number of hydrogen-bond acceptors (Lipinski definition) is 6. The summed E-state index contributed by atoms with van der Waals surface area (Å²) in [4.78, 5) is 33.8. The molecule has 0 aliphatic heterocycles.